The first-order chi connectivity index (χ1) is 6.84. The number of aromatic nitrogens is 1. The van der Waals surface area contributed by atoms with E-state index in [9.17, 15) is 0 Å². The zero-order valence-electron chi connectivity index (χ0n) is 8.03. The number of nitrogens with one attached hydrogen (secondary N) is 1. The fourth-order valence-corrected chi connectivity index (χ4v) is 1.71. The van der Waals surface area contributed by atoms with E-state index in [1.54, 1.807) is 11.3 Å². The summed E-state index contributed by atoms with van der Waals surface area (Å²) in [5.74, 6) is 0.954. The normalized spacial score (nSPS) is 10.1. The summed E-state index contributed by atoms with van der Waals surface area (Å²) in [5, 5.41) is 5.27. The topological polar surface area (TPSA) is 24.9 Å². The Labute approximate surface area is 87.6 Å². The molecule has 0 aliphatic heterocycles. The number of anilines is 1. The Bertz CT molecular complexity index is 378. The van der Waals surface area contributed by atoms with E-state index in [4.69, 9.17) is 0 Å². The smallest absolute Gasteiger partial charge is 0.137 e. The molecule has 72 valence electrons. The number of aryl methyl sites for hydroxylation is 1. The standard InChI is InChI=1S/C11H12N2S/c1-9-2-4-10(5-3-9)6-12-11-7-14-8-13-11/h2-5,7-8,12H,6H2,1H3. The minimum atomic E-state index is 0.837. The van der Waals surface area contributed by atoms with Gasteiger partial charge in [-0.2, -0.15) is 0 Å². The molecule has 1 N–H and O–H groups in total. The first kappa shape index (κ1) is 9.21. The summed E-state index contributed by atoms with van der Waals surface area (Å²) in [6.45, 7) is 2.93. The maximum atomic E-state index is 4.16. The molecule has 2 rings (SSSR count). The number of nitrogens with zero attached hydrogens (tertiary/aromatic N) is 1. The molecule has 0 fully saturated rings. The lowest BCUT2D eigenvalue weighted by molar-refractivity contribution is 1.12. The molecule has 0 aliphatic carbocycles. The van der Waals surface area contributed by atoms with Crippen LogP contribution in [0.4, 0.5) is 5.82 Å². The largest absolute Gasteiger partial charge is 0.365 e. The van der Waals surface area contributed by atoms with Gasteiger partial charge in [-0.15, -0.1) is 11.3 Å². The van der Waals surface area contributed by atoms with Crippen molar-refractivity contribution >= 4 is 17.2 Å². The molecule has 0 saturated carbocycles. The van der Waals surface area contributed by atoms with Gasteiger partial charge in [0, 0.05) is 11.9 Å². The second kappa shape index (κ2) is 4.24. The highest BCUT2D eigenvalue weighted by Gasteiger charge is 1.94. The number of hydrogen-bond donors (Lipinski definition) is 1. The molecule has 0 amide bonds. The minimum absolute atomic E-state index is 0.837. The highest BCUT2D eigenvalue weighted by Crippen LogP contribution is 2.09. The van der Waals surface area contributed by atoms with E-state index >= 15 is 0 Å². The molecular formula is C11H12N2S. The average Bonchev–Trinajstić information content (AvgIpc) is 2.70. The van der Waals surface area contributed by atoms with Crippen LogP contribution in [0.2, 0.25) is 0 Å². The van der Waals surface area contributed by atoms with Crippen LogP contribution in [0.3, 0.4) is 0 Å². The van der Waals surface area contributed by atoms with Gasteiger partial charge < -0.3 is 5.32 Å². The lowest BCUT2D eigenvalue weighted by Gasteiger charge is -2.03. The van der Waals surface area contributed by atoms with Crippen LogP contribution >= 0.6 is 11.3 Å². The monoisotopic (exact) mass is 204 g/mol. The van der Waals surface area contributed by atoms with Crippen molar-refractivity contribution in [2.45, 2.75) is 13.5 Å². The van der Waals surface area contributed by atoms with Crippen molar-refractivity contribution in [2.24, 2.45) is 0 Å². The first-order valence-electron chi connectivity index (χ1n) is 4.52. The Morgan fingerprint density at radius 1 is 1.29 bits per heavy atom. The molecule has 0 radical (unpaired) electrons. The Kier molecular flexibility index (Phi) is 2.79. The maximum absolute atomic E-state index is 4.16. The highest BCUT2D eigenvalue weighted by molar-refractivity contribution is 7.07. The van der Waals surface area contributed by atoms with Gasteiger partial charge in [0.05, 0.1) is 5.51 Å². The fraction of sp³-hybridized carbons (Fsp3) is 0.182. The highest BCUT2D eigenvalue weighted by atomic mass is 32.1. The molecule has 0 unspecified atom stereocenters. The van der Waals surface area contributed by atoms with E-state index in [0.717, 1.165) is 12.4 Å². The van der Waals surface area contributed by atoms with Crippen LogP contribution in [0, 0.1) is 6.92 Å². The maximum Gasteiger partial charge on any atom is 0.137 e. The quantitative estimate of drug-likeness (QED) is 0.831. The molecule has 0 bridgehead atoms. The van der Waals surface area contributed by atoms with Gasteiger partial charge in [-0.1, -0.05) is 29.8 Å². The molecule has 1 aromatic carbocycles. The SMILES string of the molecule is Cc1ccc(CNc2cscn2)cc1. The molecule has 14 heavy (non-hydrogen) atoms. The van der Waals surface area contributed by atoms with Crippen LogP contribution in [-0.2, 0) is 6.54 Å². The molecule has 1 heterocycles. The number of thiazole rings is 1. The van der Waals surface area contributed by atoms with E-state index in [1.165, 1.54) is 11.1 Å². The van der Waals surface area contributed by atoms with Crippen LogP contribution in [0.25, 0.3) is 0 Å². The third kappa shape index (κ3) is 2.33. The predicted molar refractivity (Wildman–Crippen MR) is 60.6 cm³/mol. The van der Waals surface area contributed by atoms with Gasteiger partial charge >= 0.3 is 0 Å². The van der Waals surface area contributed by atoms with E-state index in [0.29, 0.717) is 0 Å². The van der Waals surface area contributed by atoms with Gasteiger partial charge in [-0.05, 0) is 12.5 Å². The van der Waals surface area contributed by atoms with Crippen molar-refractivity contribution in [1.82, 2.24) is 4.98 Å². The molecule has 2 nitrogen and oxygen atoms in total. The van der Waals surface area contributed by atoms with Crippen LogP contribution in [0.15, 0.2) is 35.2 Å². The lowest BCUT2D eigenvalue weighted by atomic mass is 10.1. The third-order valence-corrected chi connectivity index (χ3v) is 2.61. The van der Waals surface area contributed by atoms with E-state index in [-0.39, 0.29) is 0 Å². The van der Waals surface area contributed by atoms with Gasteiger partial charge in [-0.25, -0.2) is 4.98 Å². The fourth-order valence-electron chi connectivity index (χ4n) is 1.20. The number of benzene rings is 1. The number of hydrogen-bond acceptors (Lipinski definition) is 3. The van der Waals surface area contributed by atoms with E-state index in [2.05, 4.69) is 41.5 Å². The average molecular weight is 204 g/mol. The second-order valence-electron chi connectivity index (χ2n) is 3.21. The van der Waals surface area contributed by atoms with Crippen LogP contribution in [0.1, 0.15) is 11.1 Å². The summed E-state index contributed by atoms with van der Waals surface area (Å²) in [4.78, 5) is 4.16. The van der Waals surface area contributed by atoms with Crippen molar-refractivity contribution in [1.29, 1.82) is 0 Å². The van der Waals surface area contributed by atoms with Gasteiger partial charge in [0.1, 0.15) is 5.82 Å². The van der Waals surface area contributed by atoms with Crippen molar-refractivity contribution in [3.8, 4) is 0 Å². The summed E-state index contributed by atoms with van der Waals surface area (Å²) in [6, 6.07) is 8.51. The van der Waals surface area contributed by atoms with Gasteiger partial charge in [-0.3, -0.25) is 0 Å². The van der Waals surface area contributed by atoms with Crippen LogP contribution < -0.4 is 5.32 Å². The molecule has 1 aromatic heterocycles. The summed E-state index contributed by atoms with van der Waals surface area (Å²) >= 11 is 1.60. The summed E-state index contributed by atoms with van der Waals surface area (Å²) in [6.07, 6.45) is 0. The molecule has 0 aliphatic rings. The summed E-state index contributed by atoms with van der Waals surface area (Å²) < 4.78 is 0. The Morgan fingerprint density at radius 3 is 2.71 bits per heavy atom. The predicted octanol–water partition coefficient (Wildman–Crippen LogP) is 3.06. The Hall–Kier alpha value is -1.35. The van der Waals surface area contributed by atoms with Crippen molar-refractivity contribution in [2.75, 3.05) is 5.32 Å². The molecular weight excluding hydrogens is 192 g/mol. The summed E-state index contributed by atoms with van der Waals surface area (Å²) in [5.41, 5.74) is 4.41. The van der Waals surface area contributed by atoms with Gasteiger partial charge in [0.25, 0.3) is 0 Å². The molecule has 0 atom stereocenters. The van der Waals surface area contributed by atoms with Crippen molar-refractivity contribution in [3.05, 3.63) is 46.3 Å². The van der Waals surface area contributed by atoms with Crippen molar-refractivity contribution in [3.63, 3.8) is 0 Å². The van der Waals surface area contributed by atoms with Gasteiger partial charge in [0.15, 0.2) is 0 Å². The summed E-state index contributed by atoms with van der Waals surface area (Å²) in [7, 11) is 0. The molecule has 0 saturated heterocycles. The third-order valence-electron chi connectivity index (χ3n) is 2.03. The molecule has 3 heteroatoms. The van der Waals surface area contributed by atoms with Gasteiger partial charge in [0.2, 0.25) is 0 Å². The molecule has 0 spiro atoms. The van der Waals surface area contributed by atoms with Crippen molar-refractivity contribution < 1.29 is 0 Å². The van der Waals surface area contributed by atoms with E-state index in [1.807, 2.05) is 10.9 Å². The van der Waals surface area contributed by atoms with Crippen LogP contribution in [0.5, 0.6) is 0 Å². The second-order valence-corrected chi connectivity index (χ2v) is 3.93. The Balaban J connectivity index is 1.95. The zero-order valence-corrected chi connectivity index (χ0v) is 8.84. The minimum Gasteiger partial charge on any atom is -0.365 e. The zero-order chi connectivity index (χ0) is 9.80. The molecule has 2 aromatic rings. The van der Waals surface area contributed by atoms with E-state index < -0.39 is 0 Å². The first-order valence-corrected chi connectivity index (χ1v) is 5.46. The lowest BCUT2D eigenvalue weighted by Crippen LogP contribution is -1.98. The Morgan fingerprint density at radius 2 is 2.07 bits per heavy atom. The van der Waals surface area contributed by atoms with Crippen LogP contribution in [-0.4, -0.2) is 4.98 Å². The number of rotatable bonds is 3.